The maximum atomic E-state index is 12.4. The zero-order valence-electron chi connectivity index (χ0n) is 21.8. The Hall–Kier alpha value is -4.19. The van der Waals surface area contributed by atoms with Gasteiger partial charge in [0.15, 0.2) is 5.76 Å². The van der Waals surface area contributed by atoms with Gasteiger partial charge in [0.05, 0.1) is 23.4 Å². The molecule has 0 atom stereocenters. The highest BCUT2D eigenvalue weighted by Crippen LogP contribution is 2.49. The predicted molar refractivity (Wildman–Crippen MR) is 147 cm³/mol. The Labute approximate surface area is 222 Å². The molecule has 0 saturated heterocycles. The molecular weight excluding hydrogens is 476 g/mol. The maximum absolute atomic E-state index is 12.4. The Balaban J connectivity index is 1.30. The largest absolute Gasteiger partial charge is 0.465 e. The number of carbonyl (C=O) groups is 1. The molecule has 1 aliphatic carbocycles. The van der Waals surface area contributed by atoms with Gasteiger partial charge in [-0.2, -0.15) is 0 Å². The molecule has 6 nitrogen and oxygen atoms in total. The summed E-state index contributed by atoms with van der Waals surface area (Å²) in [5, 5.41) is 17.4. The van der Waals surface area contributed by atoms with Crippen LogP contribution in [0.4, 0.5) is 0 Å². The van der Waals surface area contributed by atoms with Gasteiger partial charge in [0.2, 0.25) is 0 Å². The minimum absolute atomic E-state index is 0.121. The fraction of sp³-hybridized carbons (Fsp3) is 0.281. The number of benzene rings is 3. The van der Waals surface area contributed by atoms with E-state index in [1.807, 2.05) is 56.3 Å². The van der Waals surface area contributed by atoms with Crippen LogP contribution in [0.3, 0.4) is 0 Å². The number of rotatable bonds is 10. The van der Waals surface area contributed by atoms with Crippen molar-refractivity contribution in [1.29, 1.82) is 0 Å². The number of oxime groups is 1. The number of carbonyl (C=O) groups excluding carboxylic acids is 1. The van der Waals surface area contributed by atoms with Crippen molar-refractivity contribution < 1.29 is 19.3 Å². The van der Waals surface area contributed by atoms with Crippen LogP contribution in [-0.2, 0) is 27.8 Å². The molecule has 0 radical (unpaired) electrons. The quantitative estimate of drug-likeness (QED) is 0.109. The van der Waals surface area contributed by atoms with E-state index in [0.717, 1.165) is 52.8 Å². The van der Waals surface area contributed by atoms with Crippen LogP contribution in [0, 0.1) is 6.92 Å². The molecule has 0 unspecified atom stereocenters. The lowest BCUT2D eigenvalue weighted by Gasteiger charge is -2.14. The molecule has 3 aromatic carbocycles. The van der Waals surface area contributed by atoms with Crippen molar-refractivity contribution in [2.75, 3.05) is 6.61 Å². The van der Waals surface area contributed by atoms with Gasteiger partial charge >= 0.3 is 5.97 Å². The molecule has 194 valence electrons. The molecule has 1 fully saturated rings. The van der Waals surface area contributed by atoms with Crippen molar-refractivity contribution in [3.8, 4) is 22.5 Å². The van der Waals surface area contributed by atoms with Gasteiger partial charge in [0, 0.05) is 17.5 Å². The third kappa shape index (κ3) is 5.25. The van der Waals surface area contributed by atoms with Crippen LogP contribution < -0.4 is 0 Å². The first-order valence-corrected chi connectivity index (χ1v) is 13.1. The summed E-state index contributed by atoms with van der Waals surface area (Å²) in [4.78, 5) is 12.4. The molecule has 1 aliphatic rings. The highest BCUT2D eigenvalue weighted by molar-refractivity contribution is 5.88. The highest BCUT2D eigenvalue weighted by Gasteiger charge is 2.52. The van der Waals surface area contributed by atoms with Crippen LogP contribution in [0.2, 0.25) is 0 Å². The summed E-state index contributed by atoms with van der Waals surface area (Å²) in [5.41, 5.74) is 7.22. The number of hydrogen-bond acceptors (Lipinski definition) is 6. The van der Waals surface area contributed by atoms with Gasteiger partial charge < -0.3 is 14.5 Å². The van der Waals surface area contributed by atoms with Crippen LogP contribution in [0.25, 0.3) is 22.5 Å². The van der Waals surface area contributed by atoms with E-state index < -0.39 is 5.41 Å². The van der Waals surface area contributed by atoms with Gasteiger partial charge in [-0.3, -0.25) is 4.79 Å². The zero-order valence-corrected chi connectivity index (χ0v) is 21.8. The van der Waals surface area contributed by atoms with Gasteiger partial charge in [0.25, 0.3) is 0 Å². The monoisotopic (exact) mass is 508 g/mol. The minimum atomic E-state index is -0.462. The first-order chi connectivity index (χ1) is 18.5. The third-order valence-electron chi connectivity index (χ3n) is 7.39. The number of aryl methyl sites for hydroxylation is 2. The molecule has 1 heterocycles. The lowest BCUT2D eigenvalue weighted by Crippen LogP contribution is -2.23. The second-order valence-electron chi connectivity index (χ2n) is 9.86. The van der Waals surface area contributed by atoms with Crippen LogP contribution >= 0.6 is 0 Å². The molecule has 1 saturated carbocycles. The number of nitrogens with zero attached hydrogens (tertiary/aromatic N) is 2. The van der Waals surface area contributed by atoms with Crippen molar-refractivity contribution in [3.05, 3.63) is 101 Å². The van der Waals surface area contributed by atoms with E-state index in [1.54, 1.807) is 0 Å². The van der Waals surface area contributed by atoms with E-state index in [0.29, 0.717) is 30.9 Å². The minimum Gasteiger partial charge on any atom is -0.465 e. The predicted octanol–water partition coefficient (Wildman–Crippen LogP) is 6.92. The van der Waals surface area contributed by atoms with Crippen LogP contribution in [0.5, 0.6) is 0 Å². The van der Waals surface area contributed by atoms with E-state index in [9.17, 15) is 10.0 Å². The normalized spacial score (nSPS) is 14.3. The average molecular weight is 509 g/mol. The lowest BCUT2D eigenvalue weighted by molar-refractivity contribution is -0.146. The first kappa shape index (κ1) is 25.5. The molecule has 0 bridgehead atoms. The van der Waals surface area contributed by atoms with Gasteiger partial charge in [-0.25, -0.2) is 0 Å². The Morgan fingerprint density at radius 2 is 1.61 bits per heavy atom. The number of ether oxygens (including phenoxy) is 1. The third-order valence-corrected chi connectivity index (χ3v) is 7.39. The van der Waals surface area contributed by atoms with E-state index in [4.69, 9.17) is 9.26 Å². The van der Waals surface area contributed by atoms with Crippen LogP contribution in [0.15, 0.2) is 88.5 Å². The highest BCUT2D eigenvalue weighted by atomic mass is 16.5. The Morgan fingerprint density at radius 3 is 2.21 bits per heavy atom. The maximum Gasteiger partial charge on any atom is 0.316 e. The molecule has 5 rings (SSSR count). The van der Waals surface area contributed by atoms with Gasteiger partial charge in [-0.05, 0) is 61.8 Å². The number of aromatic nitrogens is 1. The number of esters is 1. The first-order valence-electron chi connectivity index (χ1n) is 13.1. The Bertz CT molecular complexity index is 1420. The van der Waals surface area contributed by atoms with Crippen molar-refractivity contribution in [2.45, 2.75) is 51.4 Å². The smallest absolute Gasteiger partial charge is 0.316 e. The second kappa shape index (κ2) is 11.1. The lowest BCUT2D eigenvalue weighted by atomic mass is 9.93. The van der Waals surface area contributed by atoms with Crippen molar-refractivity contribution in [2.24, 2.45) is 5.16 Å². The standard InChI is InChI=1S/C32H32N2O4/c1-3-37-31(35)32(19-20-32)27-16-14-25(15-17-27)24-10-12-26(13-11-24)30-29(22(2)34-38-30)21-28(33-36)18-9-23-7-5-4-6-8-23/h4-8,10-17,36H,3,9,18-21H2,1-2H3/b33-28+. The van der Waals surface area contributed by atoms with Gasteiger partial charge in [-0.1, -0.05) is 89.2 Å². The molecular formula is C32H32N2O4. The fourth-order valence-corrected chi connectivity index (χ4v) is 4.94. The van der Waals surface area contributed by atoms with Crippen molar-refractivity contribution in [3.63, 3.8) is 0 Å². The van der Waals surface area contributed by atoms with Gasteiger partial charge in [-0.15, -0.1) is 0 Å². The molecule has 6 heteroatoms. The van der Waals surface area contributed by atoms with Crippen LogP contribution in [0.1, 0.15) is 48.6 Å². The molecule has 1 aromatic heterocycles. The van der Waals surface area contributed by atoms with E-state index in [-0.39, 0.29) is 5.97 Å². The molecule has 0 aliphatic heterocycles. The average Bonchev–Trinajstić information content (AvgIpc) is 3.70. The zero-order chi connectivity index (χ0) is 26.5. The molecule has 38 heavy (non-hydrogen) atoms. The summed E-state index contributed by atoms with van der Waals surface area (Å²) >= 11 is 0. The van der Waals surface area contributed by atoms with Crippen molar-refractivity contribution in [1.82, 2.24) is 5.16 Å². The van der Waals surface area contributed by atoms with Crippen LogP contribution in [-0.4, -0.2) is 28.7 Å². The summed E-state index contributed by atoms with van der Waals surface area (Å²) < 4.78 is 11.0. The topological polar surface area (TPSA) is 84.9 Å². The Morgan fingerprint density at radius 1 is 0.974 bits per heavy atom. The summed E-state index contributed by atoms with van der Waals surface area (Å²) in [7, 11) is 0. The molecule has 0 amide bonds. The van der Waals surface area contributed by atoms with Gasteiger partial charge in [0.1, 0.15) is 0 Å². The second-order valence-corrected chi connectivity index (χ2v) is 9.86. The molecule has 1 N–H and O–H groups in total. The Kier molecular flexibility index (Phi) is 7.40. The molecule has 4 aromatic rings. The van der Waals surface area contributed by atoms with E-state index in [1.165, 1.54) is 5.56 Å². The van der Waals surface area contributed by atoms with E-state index in [2.05, 4.69) is 46.7 Å². The number of hydrogen-bond donors (Lipinski definition) is 1. The molecule has 0 spiro atoms. The summed E-state index contributed by atoms with van der Waals surface area (Å²) in [6, 6.07) is 26.5. The van der Waals surface area contributed by atoms with E-state index >= 15 is 0 Å². The summed E-state index contributed by atoms with van der Waals surface area (Å²) in [5.74, 6) is 0.570. The fourth-order valence-electron chi connectivity index (χ4n) is 4.94. The van der Waals surface area contributed by atoms with Crippen molar-refractivity contribution >= 4 is 11.7 Å². The summed E-state index contributed by atoms with van der Waals surface area (Å²) in [6.45, 7) is 4.15. The summed E-state index contributed by atoms with van der Waals surface area (Å²) in [6.07, 6.45) is 3.60. The SMILES string of the molecule is CCOC(=O)C1(c2ccc(-c3ccc(-c4onc(C)c4C/C(CCc4ccccc4)=N/O)cc3)cc2)CC1.